The highest BCUT2D eigenvalue weighted by Crippen LogP contribution is 2.76. The van der Waals surface area contributed by atoms with Crippen LogP contribution >= 0.6 is 0 Å². The third-order valence-electron chi connectivity index (χ3n) is 17.2. The Bertz CT molecular complexity index is 1560. The Balaban J connectivity index is 1.14. The van der Waals surface area contributed by atoms with Crippen molar-refractivity contribution < 1.29 is 19.0 Å². The number of aliphatic hydroxyl groups excluding tert-OH is 1. The van der Waals surface area contributed by atoms with Crippen molar-refractivity contribution in [3.63, 3.8) is 0 Å². The summed E-state index contributed by atoms with van der Waals surface area (Å²) >= 11 is 0. The molecule has 0 aromatic heterocycles. The molecule has 2 N–H and O–H groups in total. The lowest BCUT2D eigenvalue weighted by molar-refractivity contribution is -0.221. The quantitative estimate of drug-likeness (QED) is 0.187. The average molecular weight is 714 g/mol. The average Bonchev–Trinajstić information content (AvgIpc) is 3.51. The molecule has 4 fully saturated rings. The summed E-state index contributed by atoms with van der Waals surface area (Å²) in [5.74, 6) is 1.80. The predicted molar refractivity (Wildman–Crippen MR) is 209 cm³/mol. The summed E-state index contributed by atoms with van der Waals surface area (Å²) in [5.41, 5.74) is 6.02. The highest BCUT2D eigenvalue weighted by molar-refractivity contribution is 5.73. The highest BCUT2D eigenvalue weighted by atomic mass is 19.1. The molecule has 11 atom stereocenters. The zero-order chi connectivity index (χ0) is 37.1. The van der Waals surface area contributed by atoms with Gasteiger partial charge in [0.15, 0.2) is 0 Å². The van der Waals surface area contributed by atoms with Gasteiger partial charge in [-0.3, -0.25) is 9.18 Å². The molecule has 4 saturated carbocycles. The summed E-state index contributed by atoms with van der Waals surface area (Å²) in [7, 11) is 0. The van der Waals surface area contributed by atoms with Gasteiger partial charge >= 0.3 is 5.97 Å². The van der Waals surface area contributed by atoms with Crippen molar-refractivity contribution in [3.8, 4) is 0 Å². The van der Waals surface area contributed by atoms with Crippen molar-refractivity contribution in [1.29, 1.82) is 0 Å². The molecule has 2 unspecified atom stereocenters. The normalized spacial score (nSPS) is 41.3. The van der Waals surface area contributed by atoms with E-state index in [1.807, 2.05) is 30.3 Å². The Morgan fingerprint density at radius 1 is 0.981 bits per heavy atom. The Kier molecular flexibility index (Phi) is 10.3. The fourth-order valence-corrected chi connectivity index (χ4v) is 14.6. The molecule has 4 nitrogen and oxygen atoms in total. The van der Waals surface area contributed by atoms with Crippen molar-refractivity contribution in [3.05, 3.63) is 71.3 Å². The number of alkyl halides is 1. The van der Waals surface area contributed by atoms with E-state index in [0.29, 0.717) is 36.1 Å². The van der Waals surface area contributed by atoms with Crippen LogP contribution in [0.15, 0.2) is 65.8 Å². The number of benzene rings is 1. The van der Waals surface area contributed by atoms with Gasteiger partial charge in [-0.05, 0) is 158 Å². The van der Waals surface area contributed by atoms with Crippen molar-refractivity contribution in [2.45, 2.75) is 131 Å². The topological polar surface area (TPSA) is 58.6 Å². The number of esters is 1. The van der Waals surface area contributed by atoms with E-state index >= 15 is 0 Å². The number of hydrogen-bond acceptors (Lipinski definition) is 4. The van der Waals surface area contributed by atoms with E-state index < -0.39 is 18.6 Å². The minimum Gasteiger partial charge on any atom is -0.461 e. The van der Waals surface area contributed by atoms with Gasteiger partial charge in [0.05, 0.1) is 12.5 Å². The molecule has 0 spiro atoms. The number of halogens is 1. The fraction of sp³-hybridized carbons (Fsp3) is 0.723. The third-order valence-corrected chi connectivity index (χ3v) is 17.2. The minimum absolute atomic E-state index is 0.00523. The van der Waals surface area contributed by atoms with Crippen LogP contribution in [-0.2, 0) is 16.1 Å². The first-order valence-electron chi connectivity index (χ1n) is 21.0. The number of allylic oxidation sites excluding steroid dienone is 5. The van der Waals surface area contributed by atoms with Crippen molar-refractivity contribution in [1.82, 2.24) is 5.32 Å². The van der Waals surface area contributed by atoms with Crippen LogP contribution in [0.4, 0.5) is 4.39 Å². The summed E-state index contributed by atoms with van der Waals surface area (Å²) in [4.78, 5) is 13.2. The molecule has 52 heavy (non-hydrogen) atoms. The maximum absolute atomic E-state index is 14.6. The lowest BCUT2D eigenvalue weighted by Gasteiger charge is -2.72. The smallest absolute Gasteiger partial charge is 0.312 e. The van der Waals surface area contributed by atoms with Gasteiger partial charge in [-0.1, -0.05) is 89.3 Å². The Labute approximate surface area is 314 Å². The zero-order valence-electron chi connectivity index (χ0n) is 33.2. The van der Waals surface area contributed by atoms with Gasteiger partial charge in [0, 0.05) is 12.1 Å². The second kappa shape index (κ2) is 14.1. The monoisotopic (exact) mass is 714 g/mol. The van der Waals surface area contributed by atoms with Gasteiger partial charge < -0.3 is 15.2 Å². The molecule has 0 radical (unpaired) electrons. The highest BCUT2D eigenvalue weighted by Gasteiger charge is 2.70. The van der Waals surface area contributed by atoms with Crippen LogP contribution in [0.25, 0.3) is 0 Å². The number of nitrogens with one attached hydrogen (secondary N) is 1. The van der Waals surface area contributed by atoms with Crippen molar-refractivity contribution in [2.75, 3.05) is 19.8 Å². The van der Waals surface area contributed by atoms with Gasteiger partial charge in [0.25, 0.3) is 0 Å². The summed E-state index contributed by atoms with van der Waals surface area (Å²) in [6, 6.07) is 9.69. The second-order valence-corrected chi connectivity index (χ2v) is 19.6. The number of hydrogen-bond donors (Lipinski definition) is 2. The molecule has 6 aliphatic rings. The predicted octanol–water partition coefficient (Wildman–Crippen LogP) is 10.6. The maximum atomic E-state index is 14.6. The molecule has 1 aromatic carbocycles. The van der Waals surface area contributed by atoms with E-state index in [-0.39, 0.29) is 46.3 Å². The molecule has 286 valence electrons. The van der Waals surface area contributed by atoms with Gasteiger partial charge in [0.1, 0.15) is 13.3 Å². The van der Waals surface area contributed by atoms with Crippen LogP contribution in [0.3, 0.4) is 0 Å². The van der Waals surface area contributed by atoms with Crippen LogP contribution in [-0.4, -0.2) is 36.4 Å². The summed E-state index contributed by atoms with van der Waals surface area (Å²) in [5, 5.41) is 13.8. The van der Waals surface area contributed by atoms with Crippen LogP contribution < -0.4 is 5.32 Å². The fourth-order valence-electron chi connectivity index (χ4n) is 14.6. The van der Waals surface area contributed by atoms with Crippen LogP contribution in [0, 0.1) is 63.1 Å². The van der Waals surface area contributed by atoms with Crippen LogP contribution in [0.2, 0.25) is 0 Å². The molecule has 0 aliphatic heterocycles. The number of rotatable bonds is 10. The molecule has 0 saturated heterocycles. The van der Waals surface area contributed by atoms with E-state index in [9.17, 15) is 14.3 Å². The standard InChI is InChI=1S/C47H68FNO3/c1-31(2)35-18-23-47(49-26-27-50)25-24-45(6)38(41(35)47)16-17-40-44(5)21-19-37(43(3,4)39(44)20-22-46(40,45)7)34-15-11-14-33(28-34)36(29-48)42(51)52-30-32-12-9-8-10-13-32/h8-10,12-13,19,28,33,35-36,38-41,49-50H,1,11,14-18,20-27,29-30H2,2-7H3/t33?,35-,36?,38+,39-,40+,41+,44-,45+,46+,47-/m0/s1. The van der Waals surface area contributed by atoms with Gasteiger partial charge in [-0.25, -0.2) is 0 Å². The molecule has 6 aliphatic carbocycles. The second-order valence-electron chi connectivity index (χ2n) is 19.6. The number of carbonyl (C=O) groups is 1. The number of aliphatic hydroxyl groups is 1. The van der Waals surface area contributed by atoms with E-state index in [1.165, 1.54) is 68.1 Å². The zero-order valence-corrected chi connectivity index (χ0v) is 33.2. The molecule has 1 aromatic rings. The SMILES string of the molecule is C=C(C)[C@@H]1CC[C@]2(NCCO)CC[C@]3(C)[C@H](CC[C@@H]4[C@@]5(C)CC=C(C6=CC(C(CF)C(=O)OCc7ccccc7)CCC6)C(C)(C)[C@@H]5CC[C@]43C)[C@@H]12. The molecule has 0 heterocycles. The minimum atomic E-state index is -0.750. The number of fused-ring (bicyclic) bond motifs is 7. The molecule has 0 amide bonds. The molecule has 0 bridgehead atoms. The largest absolute Gasteiger partial charge is 0.461 e. The molecular weight excluding hydrogens is 646 g/mol. The van der Waals surface area contributed by atoms with Crippen LogP contribution in [0.5, 0.6) is 0 Å². The molecule has 5 heteroatoms. The lowest BCUT2D eigenvalue weighted by atomic mass is 9.33. The number of β-amino-alcohol motifs (C(OH)–C–C–N with tert-alkyl or cyclic N) is 1. The molecular formula is C47H68FNO3. The number of ether oxygens (including phenoxy) is 1. The van der Waals surface area contributed by atoms with Gasteiger partial charge in [-0.2, -0.15) is 0 Å². The number of carbonyl (C=O) groups excluding carboxylic acids is 1. The Morgan fingerprint density at radius 3 is 2.46 bits per heavy atom. The maximum Gasteiger partial charge on any atom is 0.312 e. The molecule has 7 rings (SSSR count). The van der Waals surface area contributed by atoms with Gasteiger partial charge in [-0.15, -0.1) is 0 Å². The first-order chi connectivity index (χ1) is 24.8. The van der Waals surface area contributed by atoms with Crippen molar-refractivity contribution >= 4 is 5.97 Å². The Hall–Kier alpha value is -2.24. The first-order valence-corrected chi connectivity index (χ1v) is 21.0. The van der Waals surface area contributed by atoms with Crippen LogP contribution in [0.1, 0.15) is 124 Å². The lowest BCUT2D eigenvalue weighted by Crippen LogP contribution is -2.68. The van der Waals surface area contributed by atoms with Crippen molar-refractivity contribution in [2.24, 2.45) is 63.1 Å². The van der Waals surface area contributed by atoms with E-state index in [2.05, 4.69) is 65.6 Å². The summed E-state index contributed by atoms with van der Waals surface area (Å²) in [6.45, 7) is 20.3. The summed E-state index contributed by atoms with van der Waals surface area (Å²) in [6.07, 6.45) is 18.8. The first kappa shape index (κ1) is 38.1. The van der Waals surface area contributed by atoms with E-state index in [0.717, 1.165) is 31.2 Å². The summed E-state index contributed by atoms with van der Waals surface area (Å²) < 4.78 is 20.3. The van der Waals surface area contributed by atoms with E-state index in [4.69, 9.17) is 4.74 Å². The Morgan fingerprint density at radius 2 is 1.75 bits per heavy atom. The van der Waals surface area contributed by atoms with Gasteiger partial charge in [0.2, 0.25) is 0 Å². The third kappa shape index (κ3) is 5.92. The van der Waals surface area contributed by atoms with E-state index in [1.54, 1.807) is 0 Å².